The van der Waals surface area contributed by atoms with Crippen LogP contribution in [0.4, 0.5) is 0 Å². The van der Waals surface area contributed by atoms with Crippen LogP contribution in [-0.2, 0) is 9.59 Å². The van der Waals surface area contributed by atoms with Gasteiger partial charge in [0.2, 0.25) is 5.78 Å². The summed E-state index contributed by atoms with van der Waals surface area (Å²) in [5.74, 6) is 0.278. The summed E-state index contributed by atoms with van der Waals surface area (Å²) in [5.41, 5.74) is 0. The second-order valence-corrected chi connectivity index (χ2v) is 5.57. The predicted molar refractivity (Wildman–Crippen MR) is 64.1 cm³/mol. The van der Waals surface area contributed by atoms with Crippen LogP contribution in [0.3, 0.4) is 0 Å². The molecule has 1 fully saturated rings. The van der Waals surface area contributed by atoms with E-state index in [1.807, 2.05) is 0 Å². The van der Waals surface area contributed by atoms with Crippen LogP contribution in [-0.4, -0.2) is 16.4 Å². The number of hydrogen-bond acceptors (Lipinski definition) is 2. The molecule has 2 unspecified atom stereocenters. The van der Waals surface area contributed by atoms with Gasteiger partial charge in [-0.05, 0) is 11.8 Å². The summed E-state index contributed by atoms with van der Waals surface area (Å²) in [7, 11) is 0. The standard InChI is InChI=1S/C12H19BrO2/c1-8(10-6-4-3-5-7-10)11(13)12(15)9(2)14/h8,10-11H,3-7H2,1-2H3. The fourth-order valence-corrected chi connectivity index (χ4v) is 3.09. The minimum Gasteiger partial charge on any atom is -0.291 e. The van der Waals surface area contributed by atoms with E-state index in [9.17, 15) is 9.59 Å². The van der Waals surface area contributed by atoms with E-state index < -0.39 is 0 Å². The molecule has 0 aromatic carbocycles. The van der Waals surface area contributed by atoms with Gasteiger partial charge in [-0.2, -0.15) is 0 Å². The Kier molecular flexibility index (Phi) is 4.97. The Morgan fingerprint density at radius 1 is 1.20 bits per heavy atom. The van der Waals surface area contributed by atoms with Gasteiger partial charge in [0, 0.05) is 6.92 Å². The van der Waals surface area contributed by atoms with Crippen LogP contribution in [0.5, 0.6) is 0 Å². The number of halogens is 1. The Morgan fingerprint density at radius 3 is 2.20 bits per heavy atom. The molecule has 86 valence electrons. The van der Waals surface area contributed by atoms with E-state index >= 15 is 0 Å². The molecule has 1 aliphatic rings. The summed E-state index contributed by atoms with van der Waals surface area (Å²) in [6, 6.07) is 0. The van der Waals surface area contributed by atoms with Gasteiger partial charge in [0.15, 0.2) is 5.78 Å². The van der Waals surface area contributed by atoms with Crippen LogP contribution in [0, 0.1) is 11.8 Å². The molecule has 0 spiro atoms. The van der Waals surface area contributed by atoms with Gasteiger partial charge in [0.05, 0.1) is 4.83 Å². The monoisotopic (exact) mass is 274 g/mol. The maximum atomic E-state index is 11.5. The molecule has 0 saturated heterocycles. The summed E-state index contributed by atoms with van der Waals surface area (Å²) < 4.78 is 0. The van der Waals surface area contributed by atoms with Gasteiger partial charge in [-0.25, -0.2) is 0 Å². The highest BCUT2D eigenvalue weighted by Crippen LogP contribution is 2.34. The zero-order chi connectivity index (χ0) is 11.4. The third-order valence-electron chi connectivity index (χ3n) is 3.45. The summed E-state index contributed by atoms with van der Waals surface area (Å²) in [4.78, 5) is 22.2. The minimum absolute atomic E-state index is 0.270. The topological polar surface area (TPSA) is 34.1 Å². The van der Waals surface area contributed by atoms with Gasteiger partial charge in [0.25, 0.3) is 0 Å². The van der Waals surface area contributed by atoms with Crippen molar-refractivity contribution in [1.29, 1.82) is 0 Å². The molecule has 0 bridgehead atoms. The first-order valence-corrected chi connectivity index (χ1v) is 6.64. The average Bonchev–Trinajstić information content (AvgIpc) is 2.27. The van der Waals surface area contributed by atoms with Crippen molar-refractivity contribution in [3.05, 3.63) is 0 Å². The highest BCUT2D eigenvalue weighted by molar-refractivity contribution is 9.10. The van der Waals surface area contributed by atoms with Crippen LogP contribution < -0.4 is 0 Å². The molecule has 0 N–H and O–H groups in total. The largest absolute Gasteiger partial charge is 0.291 e. The lowest BCUT2D eigenvalue weighted by atomic mass is 9.78. The molecule has 1 aliphatic carbocycles. The van der Waals surface area contributed by atoms with Gasteiger partial charge < -0.3 is 0 Å². The number of carbonyl (C=O) groups excluding carboxylic acids is 2. The molecule has 0 aliphatic heterocycles. The van der Waals surface area contributed by atoms with Gasteiger partial charge in [0.1, 0.15) is 0 Å². The van der Waals surface area contributed by atoms with Crippen LogP contribution in [0.25, 0.3) is 0 Å². The van der Waals surface area contributed by atoms with Gasteiger partial charge in [-0.1, -0.05) is 55.0 Å². The van der Waals surface area contributed by atoms with Crippen LogP contribution in [0.1, 0.15) is 46.0 Å². The second-order valence-electron chi connectivity index (χ2n) is 4.58. The second kappa shape index (κ2) is 5.78. The molecule has 0 aromatic rings. The number of Topliss-reactive ketones (excluding diaryl/α,β-unsaturated/α-hetero) is 2. The van der Waals surface area contributed by atoms with Crippen molar-refractivity contribution in [1.82, 2.24) is 0 Å². The SMILES string of the molecule is CC(=O)C(=O)C(Br)C(C)C1CCCCC1. The number of hydrogen-bond donors (Lipinski definition) is 0. The Bertz CT molecular complexity index is 244. The molecule has 0 amide bonds. The zero-order valence-electron chi connectivity index (χ0n) is 9.46. The third-order valence-corrected chi connectivity index (χ3v) is 4.70. The molecule has 1 rings (SSSR count). The normalized spacial score (nSPS) is 22.1. The van der Waals surface area contributed by atoms with Crippen molar-refractivity contribution in [2.24, 2.45) is 11.8 Å². The molecule has 3 heteroatoms. The molecule has 2 nitrogen and oxygen atoms in total. The van der Waals surface area contributed by atoms with Gasteiger partial charge >= 0.3 is 0 Å². The maximum absolute atomic E-state index is 11.5. The molecular formula is C12H19BrO2. The Hall–Kier alpha value is -0.180. The fraction of sp³-hybridized carbons (Fsp3) is 0.833. The van der Waals surface area contributed by atoms with Crippen LogP contribution in [0.15, 0.2) is 0 Å². The first-order chi connectivity index (χ1) is 7.04. The molecule has 0 heterocycles. The summed E-state index contributed by atoms with van der Waals surface area (Å²) in [6.45, 7) is 3.43. The minimum atomic E-state index is -0.334. The Morgan fingerprint density at radius 2 is 1.73 bits per heavy atom. The maximum Gasteiger partial charge on any atom is 0.211 e. The van der Waals surface area contributed by atoms with Crippen molar-refractivity contribution in [3.63, 3.8) is 0 Å². The first kappa shape index (κ1) is 12.9. The van der Waals surface area contributed by atoms with E-state index in [4.69, 9.17) is 0 Å². The molecular weight excluding hydrogens is 256 g/mol. The molecule has 15 heavy (non-hydrogen) atoms. The molecule has 0 radical (unpaired) electrons. The molecule has 1 saturated carbocycles. The number of carbonyl (C=O) groups is 2. The number of rotatable bonds is 4. The lowest BCUT2D eigenvalue weighted by Gasteiger charge is -2.29. The Balaban J connectivity index is 2.54. The van der Waals surface area contributed by atoms with Crippen LogP contribution in [0.2, 0.25) is 0 Å². The van der Waals surface area contributed by atoms with E-state index in [0.717, 1.165) is 0 Å². The van der Waals surface area contributed by atoms with Gasteiger partial charge in [-0.15, -0.1) is 0 Å². The predicted octanol–water partition coefficient (Wildman–Crippen LogP) is 3.12. The van der Waals surface area contributed by atoms with Crippen LogP contribution >= 0.6 is 15.9 Å². The van der Waals surface area contributed by atoms with E-state index in [-0.39, 0.29) is 22.3 Å². The van der Waals surface area contributed by atoms with Gasteiger partial charge in [-0.3, -0.25) is 9.59 Å². The van der Waals surface area contributed by atoms with E-state index in [1.165, 1.54) is 39.0 Å². The van der Waals surface area contributed by atoms with Crippen molar-refractivity contribution in [2.75, 3.05) is 0 Å². The number of ketones is 2. The Labute approximate surface area is 99.9 Å². The number of alkyl halides is 1. The average molecular weight is 275 g/mol. The molecule has 0 aromatic heterocycles. The van der Waals surface area contributed by atoms with E-state index in [0.29, 0.717) is 5.92 Å². The van der Waals surface area contributed by atoms with Crippen molar-refractivity contribution in [3.8, 4) is 0 Å². The lowest BCUT2D eigenvalue weighted by Crippen LogP contribution is -2.32. The first-order valence-electron chi connectivity index (χ1n) is 5.73. The van der Waals surface area contributed by atoms with Crippen molar-refractivity contribution < 1.29 is 9.59 Å². The third kappa shape index (κ3) is 3.40. The zero-order valence-corrected chi connectivity index (χ0v) is 11.0. The summed E-state index contributed by atoms with van der Waals surface area (Å²) in [5, 5.41) is 0. The quantitative estimate of drug-likeness (QED) is 0.583. The van der Waals surface area contributed by atoms with Crippen molar-refractivity contribution in [2.45, 2.75) is 50.8 Å². The smallest absolute Gasteiger partial charge is 0.211 e. The lowest BCUT2D eigenvalue weighted by molar-refractivity contribution is -0.135. The molecule has 2 atom stereocenters. The summed E-state index contributed by atoms with van der Waals surface area (Å²) in [6.07, 6.45) is 6.26. The van der Waals surface area contributed by atoms with E-state index in [2.05, 4.69) is 22.9 Å². The highest BCUT2D eigenvalue weighted by atomic mass is 79.9. The van der Waals surface area contributed by atoms with E-state index in [1.54, 1.807) is 0 Å². The van der Waals surface area contributed by atoms with Crippen molar-refractivity contribution >= 4 is 27.5 Å². The summed E-state index contributed by atoms with van der Waals surface area (Å²) >= 11 is 3.37. The highest BCUT2D eigenvalue weighted by Gasteiger charge is 2.31. The fourth-order valence-electron chi connectivity index (χ4n) is 2.33.